The Morgan fingerprint density at radius 3 is 2.44 bits per heavy atom. The van der Waals surface area contributed by atoms with Crippen LogP contribution in [0.2, 0.25) is 10.0 Å². The van der Waals surface area contributed by atoms with Crippen LogP contribution < -0.4 is 11.1 Å². The monoisotopic (exact) mass is 285 g/mol. The first-order valence-corrected chi connectivity index (χ1v) is 5.72. The van der Waals surface area contributed by atoms with Gasteiger partial charge >= 0.3 is 0 Å². The van der Waals surface area contributed by atoms with Crippen molar-refractivity contribution in [3.8, 4) is 0 Å². The predicted octanol–water partition coefficient (Wildman–Crippen LogP) is 3.12. The highest BCUT2D eigenvalue weighted by atomic mass is 35.5. The number of nitrogens with zero attached hydrogens (tertiary/aromatic N) is 1. The van der Waals surface area contributed by atoms with Gasteiger partial charge in [-0.05, 0) is 19.1 Å². The second-order valence-electron chi connectivity index (χ2n) is 3.64. The minimum absolute atomic E-state index is 0.108. The number of anilines is 2. The third-order valence-corrected chi connectivity index (χ3v) is 2.81. The van der Waals surface area contributed by atoms with Crippen molar-refractivity contribution in [2.45, 2.75) is 6.92 Å². The molecule has 94 valence electrons. The molecule has 2 rings (SSSR count). The quantitative estimate of drug-likeness (QED) is 0.831. The van der Waals surface area contributed by atoms with Crippen LogP contribution in [0.3, 0.4) is 0 Å². The van der Waals surface area contributed by atoms with Gasteiger partial charge < -0.3 is 15.6 Å². The van der Waals surface area contributed by atoms with E-state index >= 15 is 0 Å². The molecule has 0 fully saturated rings. The van der Waals surface area contributed by atoms with Crippen LogP contribution in [0, 0.1) is 6.92 Å². The number of nitrogen functional groups attached to an aromatic ring is 1. The lowest BCUT2D eigenvalue weighted by Gasteiger charge is -2.06. The zero-order valence-electron chi connectivity index (χ0n) is 9.33. The average Bonchev–Trinajstić information content (AvgIpc) is 2.72. The number of nitrogens with one attached hydrogen (secondary N) is 1. The van der Waals surface area contributed by atoms with Crippen LogP contribution in [0.1, 0.15) is 16.2 Å². The predicted molar refractivity (Wildman–Crippen MR) is 70.1 cm³/mol. The molecule has 0 radical (unpaired) electrons. The molecule has 0 aliphatic carbocycles. The summed E-state index contributed by atoms with van der Waals surface area (Å²) < 4.78 is 4.83. The Morgan fingerprint density at radius 1 is 1.33 bits per heavy atom. The van der Waals surface area contributed by atoms with E-state index in [9.17, 15) is 4.79 Å². The summed E-state index contributed by atoms with van der Waals surface area (Å²) in [4.78, 5) is 11.8. The Bertz CT molecular complexity index is 587. The molecule has 0 spiro atoms. The number of aromatic nitrogens is 1. The maximum atomic E-state index is 11.8. The van der Waals surface area contributed by atoms with Crippen molar-refractivity contribution in [3.63, 3.8) is 0 Å². The van der Waals surface area contributed by atoms with Gasteiger partial charge in [-0.3, -0.25) is 4.79 Å². The van der Waals surface area contributed by atoms with Crippen molar-refractivity contribution < 1.29 is 9.32 Å². The second-order valence-corrected chi connectivity index (χ2v) is 4.45. The minimum Gasteiger partial charge on any atom is -0.396 e. The molecule has 0 bridgehead atoms. The minimum atomic E-state index is -0.437. The molecular weight excluding hydrogens is 277 g/mol. The van der Waals surface area contributed by atoms with Crippen LogP contribution in [0.25, 0.3) is 0 Å². The van der Waals surface area contributed by atoms with E-state index in [1.807, 2.05) is 0 Å². The van der Waals surface area contributed by atoms with Crippen molar-refractivity contribution in [2.24, 2.45) is 0 Å². The Labute approximate surface area is 113 Å². The number of amides is 1. The van der Waals surface area contributed by atoms with Crippen molar-refractivity contribution >= 4 is 40.5 Å². The number of rotatable bonds is 2. The van der Waals surface area contributed by atoms with Crippen LogP contribution in [0.4, 0.5) is 11.4 Å². The van der Waals surface area contributed by atoms with E-state index in [4.69, 9.17) is 33.5 Å². The summed E-state index contributed by atoms with van der Waals surface area (Å²) in [6, 6.07) is 4.53. The van der Waals surface area contributed by atoms with Crippen LogP contribution in [0.5, 0.6) is 0 Å². The maximum absolute atomic E-state index is 11.8. The molecule has 0 saturated heterocycles. The number of hydrogen-bond acceptors (Lipinski definition) is 4. The van der Waals surface area contributed by atoms with Gasteiger partial charge in [0.25, 0.3) is 5.91 Å². The normalized spacial score (nSPS) is 10.4. The molecule has 1 heterocycles. The summed E-state index contributed by atoms with van der Waals surface area (Å²) in [5, 5.41) is 6.74. The van der Waals surface area contributed by atoms with Crippen molar-refractivity contribution in [2.75, 3.05) is 11.1 Å². The fraction of sp³-hybridized carbons (Fsp3) is 0.0909. The highest BCUT2D eigenvalue weighted by Crippen LogP contribution is 2.31. The Kier molecular flexibility index (Phi) is 3.45. The number of halogens is 2. The molecule has 2 aromatic rings. The highest BCUT2D eigenvalue weighted by Gasteiger charge is 2.13. The third-order valence-electron chi connectivity index (χ3n) is 2.19. The molecule has 0 aliphatic heterocycles. The number of carbonyl (C=O) groups excluding carboxylic acids is 1. The van der Waals surface area contributed by atoms with Crippen LogP contribution in [0.15, 0.2) is 22.7 Å². The largest absolute Gasteiger partial charge is 0.396 e. The maximum Gasteiger partial charge on any atom is 0.294 e. The lowest BCUT2D eigenvalue weighted by Crippen LogP contribution is -2.11. The zero-order chi connectivity index (χ0) is 13.3. The summed E-state index contributed by atoms with van der Waals surface area (Å²) in [5.74, 6) is -0.330. The van der Waals surface area contributed by atoms with E-state index in [-0.39, 0.29) is 21.5 Å². The summed E-state index contributed by atoms with van der Waals surface area (Å²) in [5.41, 5.74) is 6.91. The molecule has 0 atom stereocenters. The van der Waals surface area contributed by atoms with Gasteiger partial charge in [-0.2, -0.15) is 0 Å². The van der Waals surface area contributed by atoms with E-state index in [2.05, 4.69) is 10.5 Å². The van der Waals surface area contributed by atoms with E-state index < -0.39 is 5.91 Å². The number of carbonyl (C=O) groups is 1. The third kappa shape index (κ3) is 2.57. The average molecular weight is 286 g/mol. The molecule has 0 saturated carbocycles. The van der Waals surface area contributed by atoms with Gasteiger partial charge in [0.1, 0.15) is 0 Å². The Hall–Kier alpha value is -1.72. The molecule has 1 aromatic heterocycles. The van der Waals surface area contributed by atoms with Gasteiger partial charge in [0.05, 0.1) is 21.4 Å². The highest BCUT2D eigenvalue weighted by molar-refractivity contribution is 6.39. The van der Waals surface area contributed by atoms with Gasteiger partial charge in [0.2, 0.25) is 5.76 Å². The van der Waals surface area contributed by atoms with Gasteiger partial charge in [-0.25, -0.2) is 0 Å². The standard InChI is InChI=1S/C11H9Cl2N3O2/c1-5-2-9(18-16-5)11(17)15-6-3-7(12)10(14)8(13)4-6/h2-4H,14H2,1H3,(H,15,17). The molecule has 1 amide bonds. The summed E-state index contributed by atoms with van der Waals surface area (Å²) in [6.45, 7) is 1.72. The van der Waals surface area contributed by atoms with Crippen LogP contribution >= 0.6 is 23.2 Å². The molecule has 18 heavy (non-hydrogen) atoms. The fourth-order valence-electron chi connectivity index (χ4n) is 1.32. The van der Waals surface area contributed by atoms with Crippen LogP contribution in [-0.4, -0.2) is 11.1 Å². The fourth-order valence-corrected chi connectivity index (χ4v) is 1.81. The van der Waals surface area contributed by atoms with Crippen molar-refractivity contribution in [3.05, 3.63) is 39.7 Å². The number of hydrogen-bond donors (Lipinski definition) is 2. The van der Waals surface area contributed by atoms with Gasteiger partial charge in [0, 0.05) is 11.8 Å². The van der Waals surface area contributed by atoms with Gasteiger partial charge in [-0.15, -0.1) is 0 Å². The summed E-state index contributed by atoms with van der Waals surface area (Å²) in [6.07, 6.45) is 0. The van der Waals surface area contributed by atoms with Crippen molar-refractivity contribution in [1.29, 1.82) is 0 Å². The number of benzene rings is 1. The van der Waals surface area contributed by atoms with E-state index in [1.54, 1.807) is 6.92 Å². The molecule has 5 nitrogen and oxygen atoms in total. The summed E-state index contributed by atoms with van der Waals surface area (Å²) >= 11 is 11.7. The van der Waals surface area contributed by atoms with E-state index in [0.29, 0.717) is 11.4 Å². The van der Waals surface area contributed by atoms with Crippen LogP contribution in [-0.2, 0) is 0 Å². The second kappa shape index (κ2) is 4.88. The molecular formula is C11H9Cl2N3O2. The Balaban J connectivity index is 2.22. The smallest absolute Gasteiger partial charge is 0.294 e. The molecule has 3 N–H and O–H groups in total. The number of aryl methyl sites for hydroxylation is 1. The molecule has 0 unspecified atom stereocenters. The first kappa shape index (κ1) is 12.7. The lowest BCUT2D eigenvalue weighted by atomic mass is 10.2. The molecule has 1 aromatic carbocycles. The first-order chi connectivity index (χ1) is 8.47. The zero-order valence-corrected chi connectivity index (χ0v) is 10.8. The Morgan fingerprint density at radius 2 is 1.94 bits per heavy atom. The molecule has 7 heteroatoms. The first-order valence-electron chi connectivity index (χ1n) is 4.96. The van der Waals surface area contributed by atoms with Crippen molar-refractivity contribution in [1.82, 2.24) is 5.16 Å². The lowest BCUT2D eigenvalue weighted by molar-refractivity contribution is 0.0988. The summed E-state index contributed by atoms with van der Waals surface area (Å²) in [7, 11) is 0. The van der Waals surface area contributed by atoms with E-state index in [0.717, 1.165) is 0 Å². The topological polar surface area (TPSA) is 81.2 Å². The number of nitrogens with two attached hydrogens (primary N) is 1. The van der Waals surface area contributed by atoms with Gasteiger partial charge in [-0.1, -0.05) is 28.4 Å². The SMILES string of the molecule is Cc1cc(C(=O)Nc2cc(Cl)c(N)c(Cl)c2)on1. The molecule has 0 aliphatic rings. The van der Waals surface area contributed by atoms with Gasteiger partial charge in [0.15, 0.2) is 0 Å². The van der Waals surface area contributed by atoms with E-state index in [1.165, 1.54) is 18.2 Å².